The number of carbonyl (C=O) groups is 3. The summed E-state index contributed by atoms with van der Waals surface area (Å²) in [6.07, 6.45) is 2.67. The molecule has 0 radical (unpaired) electrons. The maximum absolute atomic E-state index is 12.4. The number of fused-ring (bicyclic) bond motifs is 1. The number of hydrogen-bond donors (Lipinski definition) is 2. The van der Waals surface area contributed by atoms with Gasteiger partial charge in [-0.05, 0) is 17.7 Å². The van der Waals surface area contributed by atoms with Crippen LogP contribution in [0.1, 0.15) is 51.1 Å². The Hall–Kier alpha value is -2.99. The third kappa shape index (κ3) is 4.22. The van der Waals surface area contributed by atoms with Gasteiger partial charge in [-0.2, -0.15) is 0 Å². The van der Waals surface area contributed by atoms with Crippen molar-refractivity contribution < 1.29 is 19.3 Å². The molecule has 6 nitrogen and oxygen atoms in total. The fraction of sp³-hybridized carbons (Fsp3) is 0.348. The molecule has 2 aliphatic rings. The molecule has 0 spiro atoms. The van der Waals surface area contributed by atoms with Gasteiger partial charge in [-0.25, -0.2) is 0 Å². The summed E-state index contributed by atoms with van der Waals surface area (Å²) in [6, 6.07) is 15.0. The smallest absolute Gasteiger partial charge is 0.261 e. The molecule has 1 saturated heterocycles. The third-order valence-electron chi connectivity index (χ3n) is 5.79. The van der Waals surface area contributed by atoms with Crippen LogP contribution < -0.4 is 10.2 Å². The molecular weight excluding hydrogens is 366 g/mol. The lowest BCUT2D eigenvalue weighted by Gasteiger charge is -2.16. The summed E-state index contributed by atoms with van der Waals surface area (Å²) in [7, 11) is 0. The molecule has 29 heavy (non-hydrogen) atoms. The van der Waals surface area contributed by atoms with Crippen molar-refractivity contribution in [2.24, 2.45) is 0 Å². The fourth-order valence-corrected chi connectivity index (χ4v) is 4.16. The number of amides is 3. The molecule has 4 rings (SSSR count). The number of hydrogen-bond acceptors (Lipinski definition) is 3. The minimum atomic E-state index is -0.322. The molecule has 3 amide bonds. The second-order valence-corrected chi connectivity index (χ2v) is 7.74. The number of nitrogens with one attached hydrogen (secondary N) is 2. The summed E-state index contributed by atoms with van der Waals surface area (Å²) in [5.74, 6) is -0.806. The first-order chi connectivity index (χ1) is 14.1. The first kappa shape index (κ1) is 19.3. The van der Waals surface area contributed by atoms with Gasteiger partial charge in [-0.15, -0.1) is 0 Å². The van der Waals surface area contributed by atoms with Crippen LogP contribution >= 0.6 is 0 Å². The molecule has 2 aliphatic heterocycles. The Morgan fingerprint density at radius 3 is 2.14 bits per heavy atom. The average Bonchev–Trinajstić information content (AvgIpc) is 3.33. The van der Waals surface area contributed by atoms with Crippen LogP contribution in [0.2, 0.25) is 0 Å². The molecule has 2 N–H and O–H groups in total. The van der Waals surface area contributed by atoms with Gasteiger partial charge in [-0.1, -0.05) is 36.4 Å². The van der Waals surface area contributed by atoms with Crippen molar-refractivity contribution in [2.45, 2.75) is 32.4 Å². The zero-order valence-corrected chi connectivity index (χ0v) is 16.4. The quantitative estimate of drug-likeness (QED) is 0.695. The van der Waals surface area contributed by atoms with Gasteiger partial charge in [0.25, 0.3) is 11.8 Å². The highest BCUT2D eigenvalue weighted by Crippen LogP contribution is 2.22. The van der Waals surface area contributed by atoms with E-state index in [2.05, 4.69) is 17.4 Å². The largest absolute Gasteiger partial charge is 0.352 e. The van der Waals surface area contributed by atoms with Crippen molar-refractivity contribution in [1.29, 1.82) is 0 Å². The van der Waals surface area contributed by atoms with E-state index >= 15 is 0 Å². The first-order valence-corrected chi connectivity index (χ1v) is 10.3. The van der Waals surface area contributed by atoms with Crippen molar-refractivity contribution in [1.82, 2.24) is 10.2 Å². The molecule has 0 aliphatic carbocycles. The number of nitrogens with zero attached hydrogens (tertiary/aromatic N) is 1. The summed E-state index contributed by atoms with van der Waals surface area (Å²) < 4.78 is 0. The maximum Gasteiger partial charge on any atom is 0.261 e. The lowest BCUT2D eigenvalue weighted by atomic mass is 10.1. The van der Waals surface area contributed by atoms with Gasteiger partial charge in [0.15, 0.2) is 0 Å². The molecular formula is C23H26N3O3+. The van der Waals surface area contributed by atoms with Gasteiger partial charge in [0, 0.05) is 37.9 Å². The van der Waals surface area contributed by atoms with E-state index in [1.54, 1.807) is 29.2 Å². The minimum absolute atomic E-state index is 0.0950. The van der Waals surface area contributed by atoms with Gasteiger partial charge < -0.3 is 10.2 Å². The van der Waals surface area contributed by atoms with Crippen molar-refractivity contribution in [2.75, 3.05) is 19.6 Å². The summed E-state index contributed by atoms with van der Waals surface area (Å²) in [6.45, 7) is 3.96. The van der Waals surface area contributed by atoms with E-state index in [9.17, 15) is 14.4 Å². The molecule has 2 aromatic rings. The number of imide groups is 1. The predicted octanol–water partition coefficient (Wildman–Crippen LogP) is 1.17. The number of likely N-dealkylation sites (tertiary alicyclic amines) is 1. The van der Waals surface area contributed by atoms with Gasteiger partial charge in [-0.3, -0.25) is 19.3 Å². The van der Waals surface area contributed by atoms with E-state index in [0.717, 1.165) is 17.0 Å². The molecule has 0 bridgehead atoms. The Balaban J connectivity index is 1.30. The van der Waals surface area contributed by atoms with Gasteiger partial charge in [0.1, 0.15) is 6.54 Å². The Labute approximate surface area is 170 Å². The molecule has 1 fully saturated rings. The number of benzene rings is 2. The Bertz CT molecular complexity index is 899. The van der Waals surface area contributed by atoms with Crippen LogP contribution in [0.3, 0.4) is 0 Å². The van der Waals surface area contributed by atoms with E-state index in [4.69, 9.17) is 0 Å². The van der Waals surface area contributed by atoms with Gasteiger partial charge >= 0.3 is 0 Å². The van der Waals surface area contributed by atoms with Gasteiger partial charge in [0.05, 0.1) is 24.2 Å². The summed E-state index contributed by atoms with van der Waals surface area (Å²) in [4.78, 5) is 39.9. The Kier molecular flexibility index (Phi) is 5.71. The van der Waals surface area contributed by atoms with Crippen molar-refractivity contribution >= 4 is 17.7 Å². The van der Waals surface area contributed by atoms with Crippen LogP contribution in [-0.4, -0.2) is 42.3 Å². The highest BCUT2D eigenvalue weighted by atomic mass is 16.2. The predicted molar refractivity (Wildman–Crippen MR) is 108 cm³/mol. The highest BCUT2D eigenvalue weighted by molar-refractivity contribution is 6.21. The van der Waals surface area contributed by atoms with E-state index in [1.165, 1.54) is 31.5 Å². The van der Waals surface area contributed by atoms with Crippen LogP contribution in [-0.2, 0) is 17.9 Å². The third-order valence-corrected chi connectivity index (χ3v) is 5.79. The normalized spacial score (nSPS) is 16.3. The zero-order valence-electron chi connectivity index (χ0n) is 16.4. The molecule has 0 unspecified atom stereocenters. The average molecular weight is 392 g/mol. The summed E-state index contributed by atoms with van der Waals surface area (Å²) in [5, 5.41) is 2.94. The van der Waals surface area contributed by atoms with Crippen LogP contribution in [0.5, 0.6) is 0 Å². The standard InChI is InChI=1S/C23H25N3O3/c27-21(11-14-26-22(28)19-9-3-4-10-20(19)23(26)29)24-15-17-7-1-2-8-18(17)16-25-12-5-6-13-25/h1-4,7-10H,5-6,11-16H2,(H,24,27)/p+1. The van der Waals surface area contributed by atoms with E-state index in [-0.39, 0.29) is 30.7 Å². The molecule has 2 heterocycles. The molecule has 2 aromatic carbocycles. The maximum atomic E-state index is 12.4. The second-order valence-electron chi connectivity index (χ2n) is 7.74. The topological polar surface area (TPSA) is 70.9 Å². The van der Waals surface area contributed by atoms with Crippen LogP contribution in [0.15, 0.2) is 48.5 Å². The fourth-order valence-electron chi connectivity index (χ4n) is 4.16. The molecule has 0 aromatic heterocycles. The number of carbonyl (C=O) groups excluding carboxylic acids is 3. The van der Waals surface area contributed by atoms with Gasteiger partial charge in [0.2, 0.25) is 5.91 Å². The van der Waals surface area contributed by atoms with Crippen LogP contribution in [0, 0.1) is 0 Å². The number of rotatable bonds is 7. The van der Waals surface area contributed by atoms with Crippen LogP contribution in [0.25, 0.3) is 0 Å². The molecule has 150 valence electrons. The SMILES string of the molecule is O=C(CCN1C(=O)c2ccccc2C1=O)NCc1ccccc1C[NH+]1CCCC1. The lowest BCUT2D eigenvalue weighted by molar-refractivity contribution is -0.901. The highest BCUT2D eigenvalue weighted by Gasteiger charge is 2.34. The zero-order chi connectivity index (χ0) is 20.2. The summed E-state index contributed by atoms with van der Waals surface area (Å²) >= 11 is 0. The summed E-state index contributed by atoms with van der Waals surface area (Å²) in [5.41, 5.74) is 3.22. The van der Waals surface area contributed by atoms with Crippen molar-refractivity contribution in [3.05, 3.63) is 70.8 Å². The van der Waals surface area contributed by atoms with E-state index in [0.29, 0.717) is 17.7 Å². The Morgan fingerprint density at radius 2 is 1.48 bits per heavy atom. The monoisotopic (exact) mass is 392 g/mol. The lowest BCUT2D eigenvalue weighted by Crippen LogP contribution is -3.08. The number of quaternary nitrogens is 1. The molecule has 0 saturated carbocycles. The van der Waals surface area contributed by atoms with E-state index < -0.39 is 0 Å². The molecule has 0 atom stereocenters. The van der Waals surface area contributed by atoms with E-state index in [1.807, 2.05) is 12.1 Å². The first-order valence-electron chi connectivity index (χ1n) is 10.3. The Morgan fingerprint density at radius 1 is 0.897 bits per heavy atom. The second kappa shape index (κ2) is 8.57. The minimum Gasteiger partial charge on any atom is -0.352 e. The van der Waals surface area contributed by atoms with Crippen molar-refractivity contribution in [3.8, 4) is 0 Å². The van der Waals surface area contributed by atoms with Crippen molar-refractivity contribution in [3.63, 3.8) is 0 Å². The van der Waals surface area contributed by atoms with Crippen LogP contribution in [0.4, 0.5) is 0 Å². The molecule has 6 heteroatoms.